The maximum absolute atomic E-state index is 13.8. The van der Waals surface area contributed by atoms with Gasteiger partial charge in [0.05, 0.1) is 11.2 Å². The maximum Gasteiger partial charge on any atom is 0.455 e. The first kappa shape index (κ1) is 47.8. The second kappa shape index (κ2) is 21.2. The van der Waals surface area contributed by atoms with Crippen LogP contribution in [0.3, 0.4) is 0 Å². The van der Waals surface area contributed by atoms with E-state index in [1.165, 1.54) is 42.7 Å². The van der Waals surface area contributed by atoms with Crippen LogP contribution in [0.4, 0.5) is 13.2 Å². The Hall–Kier alpha value is -5.28. The Morgan fingerprint density at radius 1 is 0.597 bits per heavy atom. The Morgan fingerprint density at radius 3 is 1.32 bits per heavy atom. The number of carbonyl (C=O) groups excluding carboxylic acids is 1. The predicted octanol–water partition coefficient (Wildman–Crippen LogP) is 9.70. The summed E-state index contributed by atoms with van der Waals surface area (Å²) in [5, 5.41) is 15.1. The van der Waals surface area contributed by atoms with Crippen LogP contribution < -0.4 is 32.1 Å². The van der Waals surface area contributed by atoms with Crippen LogP contribution in [0, 0.1) is 49.4 Å². The Bertz CT molecular complexity index is 2780. The van der Waals surface area contributed by atoms with Crippen molar-refractivity contribution in [3.05, 3.63) is 228 Å². The Morgan fingerprint density at radius 2 is 0.952 bits per heavy atom. The van der Waals surface area contributed by atoms with E-state index in [2.05, 4.69) is 11.6 Å². The molecule has 1 N–H and O–H groups in total. The molecule has 0 saturated carbocycles. The molecule has 0 bridgehead atoms. The average Bonchev–Trinajstić information content (AvgIpc) is 3.30. The van der Waals surface area contributed by atoms with Crippen LogP contribution in [-0.4, -0.2) is 26.6 Å². The van der Waals surface area contributed by atoms with E-state index < -0.39 is 43.1 Å². The summed E-state index contributed by atoms with van der Waals surface area (Å²) in [6.45, 7) is 5.75. The molecule has 7 nitrogen and oxygen atoms in total. The first-order valence-electron chi connectivity index (χ1n) is 18.8. The van der Waals surface area contributed by atoms with Crippen LogP contribution in [0.15, 0.2) is 217 Å². The van der Waals surface area contributed by atoms with Gasteiger partial charge >= 0.3 is 6.18 Å². The Balaban J connectivity index is 0.000000177. The summed E-state index contributed by atoms with van der Waals surface area (Å²) in [6.07, 6.45) is -2.57. The van der Waals surface area contributed by atoms with E-state index in [0.29, 0.717) is 0 Å². The molecule has 0 amide bonds. The fourth-order valence-corrected chi connectivity index (χ4v) is 11.7. The van der Waals surface area contributed by atoms with Crippen molar-refractivity contribution in [2.75, 3.05) is 0 Å². The summed E-state index contributed by atoms with van der Waals surface area (Å²) < 4.78 is 66.4. The molecule has 1 radical (unpaired) electrons. The number of allylic oxidation sites excluding steroid dienone is 1. The summed E-state index contributed by atoms with van der Waals surface area (Å²) in [5.74, 6) is -3.37. The first-order chi connectivity index (χ1) is 29.3. The SMILES string of the molecule is C=C(C)P(=O)(c1ccccc1)c1ccccc1.O=C(c1c(O)c2ccccc2n(-c2ccncc2)c1=O)C(F)(F)F.O=P(c1ccccc1)(c1ccccc1)c1ccccc1.[Eu]. The number of hydrogen-bond acceptors (Lipinski definition) is 6. The van der Waals surface area contributed by atoms with Gasteiger partial charge in [0.1, 0.15) is 11.3 Å². The normalized spacial score (nSPS) is 11.2. The van der Waals surface area contributed by atoms with E-state index in [4.69, 9.17) is 0 Å². The number of alkyl halides is 3. The number of carbonyl (C=O) groups is 1. The molecule has 0 aliphatic carbocycles. The molecule has 0 aliphatic heterocycles. The number of ketones is 1. The summed E-state index contributed by atoms with van der Waals surface area (Å²) in [6, 6.07) is 56.9. The molecule has 0 aliphatic rings. The van der Waals surface area contributed by atoms with Gasteiger partial charge < -0.3 is 14.2 Å². The van der Waals surface area contributed by atoms with Gasteiger partial charge in [-0.1, -0.05) is 170 Å². The third kappa shape index (κ3) is 10.3. The predicted molar refractivity (Wildman–Crippen MR) is 240 cm³/mol. The van der Waals surface area contributed by atoms with Gasteiger partial charge in [-0.3, -0.25) is 19.1 Å². The quantitative estimate of drug-likeness (QED) is 0.120. The van der Waals surface area contributed by atoms with Crippen molar-refractivity contribution in [3.63, 3.8) is 0 Å². The minimum atomic E-state index is -5.28. The second-order valence-electron chi connectivity index (χ2n) is 13.5. The molecular formula is C49H39EuF3N2O5P2. The minimum absolute atomic E-state index is 0. The maximum atomic E-state index is 13.8. The monoisotopic (exact) mass is 1010 g/mol. The van der Waals surface area contributed by atoms with Crippen LogP contribution in [-0.2, 0) is 9.13 Å². The van der Waals surface area contributed by atoms with Crippen molar-refractivity contribution in [3.8, 4) is 11.4 Å². The van der Waals surface area contributed by atoms with Crippen LogP contribution in [0.1, 0.15) is 17.3 Å². The number of para-hydroxylation sites is 1. The fraction of sp³-hybridized carbons (Fsp3) is 0.0408. The topological polar surface area (TPSA) is 106 Å². The van der Waals surface area contributed by atoms with Gasteiger partial charge in [-0.2, -0.15) is 13.2 Å². The number of Topliss-reactive ketones (excluding diaryl/α,β-unsaturated/α-hetero) is 1. The molecule has 0 saturated heterocycles. The molecule has 0 unspecified atom stereocenters. The van der Waals surface area contributed by atoms with Crippen molar-refractivity contribution < 1.29 is 81.6 Å². The third-order valence-corrected chi connectivity index (χ3v) is 15.8. The Labute approximate surface area is 397 Å². The molecule has 0 spiro atoms. The molecule has 0 atom stereocenters. The van der Waals surface area contributed by atoms with Crippen molar-refractivity contribution in [1.82, 2.24) is 9.55 Å². The number of benzene rings is 6. The van der Waals surface area contributed by atoms with E-state index >= 15 is 0 Å². The van der Waals surface area contributed by atoms with E-state index in [9.17, 15) is 37.0 Å². The minimum Gasteiger partial charge on any atom is -0.506 e. The zero-order valence-corrected chi connectivity index (χ0v) is 37.4. The van der Waals surface area contributed by atoms with E-state index in [1.54, 1.807) is 6.07 Å². The first-order valence-corrected chi connectivity index (χ1v) is 22.2. The van der Waals surface area contributed by atoms with Crippen LogP contribution in [0.25, 0.3) is 16.6 Å². The van der Waals surface area contributed by atoms with E-state index in [0.717, 1.165) is 36.4 Å². The van der Waals surface area contributed by atoms with E-state index in [-0.39, 0.29) is 66.0 Å². The molecule has 313 valence electrons. The summed E-state index contributed by atoms with van der Waals surface area (Å²) >= 11 is 0. The van der Waals surface area contributed by atoms with Gasteiger partial charge in [0, 0.05) is 93.7 Å². The van der Waals surface area contributed by atoms with Crippen LogP contribution in [0.2, 0.25) is 0 Å². The molecule has 6 aromatic carbocycles. The molecule has 8 aromatic rings. The zero-order chi connectivity index (χ0) is 43.6. The molecule has 13 heteroatoms. The molecule has 0 fully saturated rings. The zero-order valence-electron chi connectivity index (χ0n) is 33.1. The summed E-state index contributed by atoms with van der Waals surface area (Å²) in [7, 11) is -5.47. The largest absolute Gasteiger partial charge is 0.506 e. The van der Waals surface area contributed by atoms with E-state index in [1.807, 2.05) is 159 Å². The van der Waals surface area contributed by atoms with Crippen molar-refractivity contribution in [1.29, 1.82) is 0 Å². The van der Waals surface area contributed by atoms with Crippen LogP contribution >= 0.6 is 14.3 Å². The average molecular weight is 1010 g/mol. The molecular weight excluding hydrogens is 967 g/mol. The number of aromatic hydroxyl groups is 1. The number of fused-ring (bicyclic) bond motifs is 1. The van der Waals surface area contributed by atoms with Gasteiger partial charge in [-0.15, -0.1) is 0 Å². The molecule has 2 aromatic heterocycles. The fourth-order valence-electron chi connectivity index (χ4n) is 6.65. The number of nitrogens with zero attached hydrogens (tertiary/aromatic N) is 2. The smallest absolute Gasteiger partial charge is 0.455 e. The number of aromatic nitrogens is 2. The standard InChI is InChI=1S/C18H15OP.C16H9F3N2O3.C15H15OP.Eu/c19-20(16-10-4-1-5-11-16,17-12-6-2-7-13-17)18-14-8-3-9-15-18;17-16(18,19)14(23)12-13(22)10-3-1-2-4-11(10)21(15(12)24)9-5-7-20-8-6-9;1-13(2)17(16,14-9-5-3-6-10-14)15-11-7-4-8-12-15;/h1-15H;1-8,22H;3-12H,1H2,2H3;. The van der Waals surface area contributed by atoms with Gasteiger partial charge in [-0.05, 0) is 36.5 Å². The number of rotatable bonds is 8. The second-order valence-corrected chi connectivity index (χ2v) is 19.3. The van der Waals surface area contributed by atoms with Gasteiger partial charge in [0.15, 0.2) is 14.3 Å². The molecule has 62 heavy (non-hydrogen) atoms. The molecule has 2 heterocycles. The molecule has 8 rings (SSSR count). The summed E-state index contributed by atoms with van der Waals surface area (Å²) in [4.78, 5) is 28.0. The van der Waals surface area contributed by atoms with Gasteiger partial charge in [-0.25, -0.2) is 0 Å². The Kier molecular flexibility index (Phi) is 16.3. The number of hydrogen-bond donors (Lipinski definition) is 1. The van der Waals surface area contributed by atoms with Crippen molar-refractivity contribution >= 4 is 57.5 Å². The number of pyridine rings is 2. The third-order valence-electron chi connectivity index (χ3n) is 9.60. The van der Waals surface area contributed by atoms with Crippen molar-refractivity contribution in [2.24, 2.45) is 0 Å². The van der Waals surface area contributed by atoms with Crippen LogP contribution in [0.5, 0.6) is 5.75 Å². The number of halogens is 3. The van der Waals surface area contributed by atoms with Crippen molar-refractivity contribution in [2.45, 2.75) is 13.1 Å². The van der Waals surface area contributed by atoms with Gasteiger partial charge in [0.25, 0.3) is 11.3 Å². The summed E-state index contributed by atoms with van der Waals surface area (Å²) in [5.41, 5.74) is -2.16. The van der Waals surface area contributed by atoms with Gasteiger partial charge in [0.2, 0.25) is 0 Å².